The van der Waals surface area contributed by atoms with E-state index in [1.807, 2.05) is 0 Å². The van der Waals surface area contributed by atoms with E-state index in [0.29, 0.717) is 19.3 Å². The third kappa shape index (κ3) is 1.48. The molecule has 0 radical (unpaired) electrons. The van der Waals surface area contributed by atoms with Crippen molar-refractivity contribution in [3.05, 3.63) is 34.4 Å². The molecule has 1 aromatic rings. The molecule has 0 aromatic heterocycles. The van der Waals surface area contributed by atoms with Crippen LogP contribution in [0.15, 0.2) is 12.1 Å². The van der Waals surface area contributed by atoms with Gasteiger partial charge in [0.15, 0.2) is 0 Å². The molecule has 1 fully saturated rings. The van der Waals surface area contributed by atoms with Crippen LogP contribution in [0, 0.1) is 11.6 Å². The van der Waals surface area contributed by atoms with Crippen molar-refractivity contribution in [3.8, 4) is 0 Å². The molecule has 1 N–H and O–H groups in total. The Kier molecular flexibility index (Phi) is 2.62. The van der Waals surface area contributed by atoms with Gasteiger partial charge < -0.3 is 5.11 Å². The summed E-state index contributed by atoms with van der Waals surface area (Å²) >= 11 is 5.41. The van der Waals surface area contributed by atoms with Gasteiger partial charge in [-0.2, -0.15) is 0 Å². The van der Waals surface area contributed by atoms with E-state index in [2.05, 4.69) is 0 Å². The smallest absolute Gasteiger partial charge is 0.314 e. The fraction of sp³-hybridized carbons (Fsp3) is 0.364. The van der Waals surface area contributed by atoms with Crippen molar-refractivity contribution in [2.45, 2.75) is 24.7 Å². The Balaban J connectivity index is 2.55. The largest absolute Gasteiger partial charge is 0.481 e. The highest BCUT2D eigenvalue weighted by Crippen LogP contribution is 2.45. The average Bonchev–Trinajstić information content (AvgIpc) is 2.11. The molecule has 1 aromatic carbocycles. The van der Waals surface area contributed by atoms with Crippen molar-refractivity contribution in [2.24, 2.45) is 0 Å². The monoisotopic (exact) mass is 246 g/mol. The van der Waals surface area contributed by atoms with Gasteiger partial charge in [0.2, 0.25) is 0 Å². The Bertz CT molecular complexity index is 456. The number of aliphatic carboxylic acids is 1. The predicted molar refractivity (Wildman–Crippen MR) is 54.5 cm³/mol. The van der Waals surface area contributed by atoms with Crippen molar-refractivity contribution in [1.82, 2.24) is 0 Å². The maximum absolute atomic E-state index is 13.6. The second-order valence-electron chi connectivity index (χ2n) is 3.99. The summed E-state index contributed by atoms with van der Waals surface area (Å²) in [5.41, 5.74) is -1.37. The summed E-state index contributed by atoms with van der Waals surface area (Å²) in [5.74, 6) is -2.65. The van der Waals surface area contributed by atoms with Crippen LogP contribution in [0.2, 0.25) is 5.02 Å². The normalized spacial score (nSPS) is 17.9. The van der Waals surface area contributed by atoms with Gasteiger partial charge in [0.05, 0.1) is 10.4 Å². The summed E-state index contributed by atoms with van der Waals surface area (Å²) in [6.45, 7) is 0. The molecular weight excluding hydrogens is 238 g/mol. The van der Waals surface area contributed by atoms with Crippen molar-refractivity contribution in [3.63, 3.8) is 0 Å². The minimum absolute atomic E-state index is 0.104. The first-order valence-corrected chi connectivity index (χ1v) is 5.23. The number of rotatable bonds is 2. The minimum Gasteiger partial charge on any atom is -0.481 e. The van der Waals surface area contributed by atoms with Crippen LogP contribution in [0.25, 0.3) is 0 Å². The number of carboxylic acids is 1. The minimum atomic E-state index is -1.27. The fourth-order valence-corrected chi connectivity index (χ4v) is 2.17. The van der Waals surface area contributed by atoms with Gasteiger partial charge in [0.25, 0.3) is 0 Å². The van der Waals surface area contributed by atoms with Crippen molar-refractivity contribution >= 4 is 17.6 Å². The van der Waals surface area contributed by atoms with Gasteiger partial charge in [-0.05, 0) is 25.0 Å². The summed E-state index contributed by atoms with van der Waals surface area (Å²) in [6.07, 6.45) is 1.37. The summed E-state index contributed by atoms with van der Waals surface area (Å²) in [7, 11) is 0. The van der Waals surface area contributed by atoms with Crippen molar-refractivity contribution in [2.75, 3.05) is 0 Å². The molecule has 0 unspecified atom stereocenters. The van der Waals surface area contributed by atoms with Gasteiger partial charge in [0, 0.05) is 5.56 Å². The van der Waals surface area contributed by atoms with Gasteiger partial charge in [-0.25, -0.2) is 8.78 Å². The van der Waals surface area contributed by atoms with Gasteiger partial charge in [-0.1, -0.05) is 18.0 Å². The molecule has 2 nitrogen and oxygen atoms in total. The van der Waals surface area contributed by atoms with Crippen LogP contribution >= 0.6 is 11.6 Å². The quantitative estimate of drug-likeness (QED) is 0.814. The van der Waals surface area contributed by atoms with E-state index in [9.17, 15) is 13.6 Å². The Morgan fingerprint density at radius 3 is 2.38 bits per heavy atom. The second-order valence-corrected chi connectivity index (χ2v) is 4.39. The molecule has 1 aliphatic carbocycles. The number of carbonyl (C=O) groups is 1. The third-order valence-electron chi connectivity index (χ3n) is 3.14. The van der Waals surface area contributed by atoms with Crippen LogP contribution in [-0.4, -0.2) is 11.1 Å². The number of benzene rings is 1. The van der Waals surface area contributed by atoms with Crippen LogP contribution < -0.4 is 0 Å². The van der Waals surface area contributed by atoms with Crippen LogP contribution in [0.3, 0.4) is 0 Å². The molecule has 2 rings (SSSR count). The van der Waals surface area contributed by atoms with Crippen molar-refractivity contribution < 1.29 is 18.7 Å². The van der Waals surface area contributed by atoms with E-state index in [0.717, 1.165) is 12.1 Å². The maximum Gasteiger partial charge on any atom is 0.314 e. The lowest BCUT2D eigenvalue weighted by Gasteiger charge is -2.38. The van der Waals surface area contributed by atoms with E-state index in [1.54, 1.807) is 0 Å². The number of carboxylic acid groups (broad SMARTS) is 1. The van der Waals surface area contributed by atoms with Crippen LogP contribution in [-0.2, 0) is 10.2 Å². The van der Waals surface area contributed by atoms with Gasteiger partial charge in [0.1, 0.15) is 11.6 Å². The lowest BCUT2D eigenvalue weighted by molar-refractivity contribution is -0.147. The molecule has 86 valence electrons. The molecule has 1 saturated carbocycles. The second kappa shape index (κ2) is 3.70. The summed E-state index contributed by atoms with van der Waals surface area (Å²) in [6, 6.07) is 1.72. The zero-order chi connectivity index (χ0) is 11.9. The van der Waals surface area contributed by atoms with Crippen LogP contribution in [0.1, 0.15) is 24.8 Å². The van der Waals surface area contributed by atoms with E-state index in [4.69, 9.17) is 16.7 Å². The molecule has 0 aliphatic heterocycles. The molecule has 0 bridgehead atoms. The molecular formula is C11H9ClF2O2. The first kappa shape index (κ1) is 11.3. The zero-order valence-corrected chi connectivity index (χ0v) is 9.02. The third-order valence-corrected chi connectivity index (χ3v) is 3.43. The van der Waals surface area contributed by atoms with E-state index >= 15 is 0 Å². The first-order chi connectivity index (χ1) is 7.47. The highest BCUT2D eigenvalue weighted by atomic mass is 35.5. The van der Waals surface area contributed by atoms with E-state index < -0.39 is 23.0 Å². The predicted octanol–water partition coefficient (Wildman–Crippen LogP) is 3.12. The van der Waals surface area contributed by atoms with Crippen molar-refractivity contribution in [1.29, 1.82) is 0 Å². The molecule has 0 amide bonds. The van der Waals surface area contributed by atoms with Gasteiger partial charge in [-0.15, -0.1) is 0 Å². The SMILES string of the molecule is O=C(O)C1(c2cc(F)c(Cl)cc2F)CCC1. The van der Waals surface area contributed by atoms with E-state index in [-0.39, 0.29) is 10.6 Å². The summed E-state index contributed by atoms with van der Waals surface area (Å²) in [5, 5.41) is 8.77. The first-order valence-electron chi connectivity index (χ1n) is 4.86. The molecule has 16 heavy (non-hydrogen) atoms. The Morgan fingerprint density at radius 2 is 1.94 bits per heavy atom. The standard InChI is InChI=1S/C11H9ClF2O2/c12-7-5-8(13)6(4-9(7)14)11(10(15)16)2-1-3-11/h4-5H,1-3H2,(H,15,16). The molecule has 1 aliphatic rings. The van der Waals surface area contributed by atoms with Crippen LogP contribution in [0.5, 0.6) is 0 Å². The Labute approximate surface area is 95.8 Å². The molecule has 0 saturated heterocycles. The Hall–Kier alpha value is -1.16. The van der Waals surface area contributed by atoms with Crippen LogP contribution in [0.4, 0.5) is 8.78 Å². The highest BCUT2D eigenvalue weighted by molar-refractivity contribution is 6.30. The number of hydrogen-bond acceptors (Lipinski definition) is 1. The highest BCUT2D eigenvalue weighted by Gasteiger charge is 2.47. The topological polar surface area (TPSA) is 37.3 Å². The molecule has 0 heterocycles. The molecule has 5 heteroatoms. The molecule has 0 atom stereocenters. The lowest BCUT2D eigenvalue weighted by atomic mass is 9.64. The zero-order valence-electron chi connectivity index (χ0n) is 8.27. The molecule has 0 spiro atoms. The maximum atomic E-state index is 13.6. The number of halogens is 3. The average molecular weight is 247 g/mol. The van der Waals surface area contributed by atoms with E-state index in [1.165, 1.54) is 0 Å². The van der Waals surface area contributed by atoms with Gasteiger partial charge in [-0.3, -0.25) is 4.79 Å². The Morgan fingerprint density at radius 1 is 1.31 bits per heavy atom. The summed E-state index contributed by atoms with van der Waals surface area (Å²) in [4.78, 5) is 11.1. The summed E-state index contributed by atoms with van der Waals surface area (Å²) < 4.78 is 26.8. The fourth-order valence-electron chi connectivity index (χ4n) is 2.02. The van der Waals surface area contributed by atoms with Gasteiger partial charge >= 0.3 is 5.97 Å². The lowest BCUT2D eigenvalue weighted by Crippen LogP contribution is -2.43. The number of hydrogen-bond donors (Lipinski definition) is 1.